The SMILES string of the molecule is O=C(Nc1cc(-c2ccco2)ccc1F)c1nccn2ccnc12. The lowest BCUT2D eigenvalue weighted by Gasteiger charge is -2.08. The van der Waals surface area contributed by atoms with Crippen molar-refractivity contribution < 1.29 is 13.6 Å². The minimum atomic E-state index is -0.547. The van der Waals surface area contributed by atoms with Crippen molar-refractivity contribution in [2.24, 2.45) is 0 Å². The first kappa shape index (κ1) is 14.1. The molecule has 0 saturated carbocycles. The Hall–Kier alpha value is -3.48. The van der Waals surface area contributed by atoms with Crippen molar-refractivity contribution in [3.05, 3.63) is 72.9 Å². The van der Waals surface area contributed by atoms with Crippen molar-refractivity contribution in [2.45, 2.75) is 0 Å². The summed E-state index contributed by atoms with van der Waals surface area (Å²) in [5.41, 5.74) is 1.22. The van der Waals surface area contributed by atoms with Crippen LogP contribution in [-0.2, 0) is 0 Å². The number of carbonyl (C=O) groups is 1. The highest BCUT2D eigenvalue weighted by molar-refractivity contribution is 6.06. The van der Waals surface area contributed by atoms with Gasteiger partial charge < -0.3 is 14.1 Å². The van der Waals surface area contributed by atoms with Gasteiger partial charge in [-0.3, -0.25) is 4.79 Å². The van der Waals surface area contributed by atoms with Crippen LogP contribution < -0.4 is 5.32 Å². The first-order valence-corrected chi connectivity index (χ1v) is 7.15. The van der Waals surface area contributed by atoms with Crippen molar-refractivity contribution in [3.8, 4) is 11.3 Å². The maximum atomic E-state index is 14.1. The van der Waals surface area contributed by atoms with E-state index in [9.17, 15) is 9.18 Å². The van der Waals surface area contributed by atoms with Crippen LogP contribution in [0.25, 0.3) is 17.0 Å². The number of nitrogens with one attached hydrogen (secondary N) is 1. The summed E-state index contributed by atoms with van der Waals surface area (Å²) in [6.45, 7) is 0. The molecule has 0 saturated heterocycles. The Morgan fingerprint density at radius 1 is 1.17 bits per heavy atom. The van der Waals surface area contributed by atoms with E-state index in [1.807, 2.05) is 0 Å². The second-order valence-corrected chi connectivity index (χ2v) is 5.06. The number of anilines is 1. The van der Waals surface area contributed by atoms with E-state index in [4.69, 9.17) is 4.42 Å². The molecule has 1 aromatic carbocycles. The van der Waals surface area contributed by atoms with Crippen LogP contribution in [0.4, 0.5) is 10.1 Å². The largest absolute Gasteiger partial charge is 0.464 e. The van der Waals surface area contributed by atoms with Crippen LogP contribution in [0.5, 0.6) is 0 Å². The fourth-order valence-corrected chi connectivity index (χ4v) is 2.41. The number of carbonyl (C=O) groups excluding carboxylic acids is 1. The number of fused-ring (bicyclic) bond motifs is 1. The summed E-state index contributed by atoms with van der Waals surface area (Å²) in [6, 6.07) is 7.86. The van der Waals surface area contributed by atoms with Gasteiger partial charge in [-0.15, -0.1) is 0 Å². The highest BCUT2D eigenvalue weighted by Gasteiger charge is 2.16. The smallest absolute Gasteiger partial charge is 0.278 e. The first-order chi connectivity index (χ1) is 11.7. The van der Waals surface area contributed by atoms with Crippen LogP contribution in [0, 0.1) is 5.82 Å². The number of imidazole rings is 1. The molecule has 24 heavy (non-hydrogen) atoms. The zero-order valence-corrected chi connectivity index (χ0v) is 12.3. The van der Waals surface area contributed by atoms with E-state index in [0.717, 1.165) is 0 Å². The van der Waals surface area contributed by atoms with Gasteiger partial charge in [-0.05, 0) is 30.3 Å². The van der Waals surface area contributed by atoms with Gasteiger partial charge in [-0.1, -0.05) is 0 Å². The summed E-state index contributed by atoms with van der Waals surface area (Å²) in [7, 11) is 0. The monoisotopic (exact) mass is 322 g/mol. The molecule has 1 N–H and O–H groups in total. The molecule has 0 spiro atoms. The maximum absolute atomic E-state index is 14.1. The molecule has 0 atom stereocenters. The molecule has 6 nitrogen and oxygen atoms in total. The second-order valence-electron chi connectivity index (χ2n) is 5.06. The normalized spacial score (nSPS) is 10.9. The van der Waals surface area contributed by atoms with E-state index >= 15 is 0 Å². The molecule has 0 aliphatic carbocycles. The number of benzene rings is 1. The van der Waals surface area contributed by atoms with Crippen molar-refractivity contribution >= 4 is 17.2 Å². The summed E-state index contributed by atoms with van der Waals surface area (Å²) in [4.78, 5) is 20.6. The van der Waals surface area contributed by atoms with Crippen LogP contribution in [-0.4, -0.2) is 20.3 Å². The predicted molar refractivity (Wildman–Crippen MR) is 85.0 cm³/mol. The van der Waals surface area contributed by atoms with Gasteiger partial charge in [0.15, 0.2) is 11.3 Å². The standard InChI is InChI=1S/C17H11FN4O2/c18-12-4-3-11(14-2-1-9-24-14)10-13(12)21-17(23)15-16-20-6-8-22(16)7-5-19-15/h1-10H,(H,21,23). The summed E-state index contributed by atoms with van der Waals surface area (Å²) in [5, 5.41) is 2.54. The fraction of sp³-hybridized carbons (Fsp3) is 0. The Bertz CT molecular complexity index is 1020. The molecule has 7 heteroatoms. The minimum Gasteiger partial charge on any atom is -0.464 e. The number of halogens is 1. The lowest BCUT2D eigenvalue weighted by molar-refractivity contribution is 0.102. The zero-order chi connectivity index (χ0) is 16.5. The Balaban J connectivity index is 1.69. The predicted octanol–water partition coefficient (Wildman–Crippen LogP) is 3.38. The third-order valence-corrected chi connectivity index (χ3v) is 3.55. The number of furan rings is 1. The quantitative estimate of drug-likeness (QED) is 0.627. The molecule has 0 bridgehead atoms. The maximum Gasteiger partial charge on any atom is 0.278 e. The molecule has 118 valence electrons. The van der Waals surface area contributed by atoms with Gasteiger partial charge in [0.05, 0.1) is 12.0 Å². The fourth-order valence-electron chi connectivity index (χ4n) is 2.41. The third kappa shape index (κ3) is 2.41. The molecule has 0 aliphatic heterocycles. The van der Waals surface area contributed by atoms with Crippen molar-refractivity contribution in [1.82, 2.24) is 14.4 Å². The highest BCUT2D eigenvalue weighted by atomic mass is 19.1. The van der Waals surface area contributed by atoms with Crippen LogP contribution in [0.1, 0.15) is 10.5 Å². The number of amides is 1. The zero-order valence-electron chi connectivity index (χ0n) is 12.3. The minimum absolute atomic E-state index is 0.0456. The average Bonchev–Trinajstić information content (AvgIpc) is 3.27. The molecule has 4 aromatic rings. The van der Waals surface area contributed by atoms with E-state index in [1.165, 1.54) is 24.6 Å². The lowest BCUT2D eigenvalue weighted by atomic mass is 10.1. The van der Waals surface area contributed by atoms with E-state index < -0.39 is 11.7 Å². The Labute approximate surface area is 135 Å². The van der Waals surface area contributed by atoms with Gasteiger partial charge in [-0.25, -0.2) is 14.4 Å². The van der Waals surface area contributed by atoms with Gasteiger partial charge in [0, 0.05) is 30.4 Å². The topological polar surface area (TPSA) is 72.4 Å². The van der Waals surface area contributed by atoms with E-state index in [1.54, 1.807) is 41.2 Å². The van der Waals surface area contributed by atoms with Crippen LogP contribution >= 0.6 is 0 Å². The number of hydrogen-bond donors (Lipinski definition) is 1. The Morgan fingerprint density at radius 2 is 2.00 bits per heavy atom. The van der Waals surface area contributed by atoms with Gasteiger partial charge in [0.1, 0.15) is 11.6 Å². The van der Waals surface area contributed by atoms with Crippen LogP contribution in [0.3, 0.4) is 0 Å². The molecule has 0 aliphatic rings. The van der Waals surface area contributed by atoms with Crippen LogP contribution in [0.15, 0.2) is 65.8 Å². The number of rotatable bonds is 3. The first-order valence-electron chi connectivity index (χ1n) is 7.15. The lowest BCUT2D eigenvalue weighted by Crippen LogP contribution is -2.16. The Morgan fingerprint density at radius 3 is 2.79 bits per heavy atom. The van der Waals surface area contributed by atoms with Crippen molar-refractivity contribution in [3.63, 3.8) is 0 Å². The van der Waals surface area contributed by atoms with Gasteiger partial charge >= 0.3 is 0 Å². The summed E-state index contributed by atoms with van der Waals surface area (Å²) in [6.07, 6.45) is 7.95. The van der Waals surface area contributed by atoms with E-state index in [0.29, 0.717) is 17.0 Å². The number of nitrogens with zero attached hydrogens (tertiary/aromatic N) is 3. The molecule has 3 heterocycles. The molecule has 0 unspecified atom stereocenters. The molecular formula is C17H11FN4O2. The highest BCUT2D eigenvalue weighted by Crippen LogP contribution is 2.25. The van der Waals surface area contributed by atoms with Gasteiger partial charge in [-0.2, -0.15) is 0 Å². The second kappa shape index (κ2) is 5.62. The molecule has 0 fully saturated rings. The molecule has 1 amide bonds. The van der Waals surface area contributed by atoms with Gasteiger partial charge in [0.2, 0.25) is 0 Å². The number of aromatic nitrogens is 3. The van der Waals surface area contributed by atoms with Crippen LogP contribution in [0.2, 0.25) is 0 Å². The summed E-state index contributed by atoms with van der Waals surface area (Å²) >= 11 is 0. The molecule has 3 aromatic heterocycles. The van der Waals surface area contributed by atoms with Crippen molar-refractivity contribution in [2.75, 3.05) is 5.32 Å². The Kier molecular flexibility index (Phi) is 3.31. The van der Waals surface area contributed by atoms with Gasteiger partial charge in [0.25, 0.3) is 5.91 Å². The molecule has 4 rings (SSSR count). The molecule has 0 radical (unpaired) electrons. The van der Waals surface area contributed by atoms with Crippen molar-refractivity contribution in [1.29, 1.82) is 0 Å². The summed E-state index contributed by atoms with van der Waals surface area (Å²) in [5.74, 6) is -0.504. The summed E-state index contributed by atoms with van der Waals surface area (Å²) < 4.78 is 21.0. The third-order valence-electron chi connectivity index (χ3n) is 3.55. The van der Waals surface area contributed by atoms with E-state index in [-0.39, 0.29) is 11.4 Å². The van der Waals surface area contributed by atoms with E-state index in [2.05, 4.69) is 15.3 Å². The average molecular weight is 322 g/mol. The molecular weight excluding hydrogens is 311 g/mol. The number of hydrogen-bond acceptors (Lipinski definition) is 4.